The van der Waals surface area contributed by atoms with Gasteiger partial charge in [0.2, 0.25) is 5.91 Å². The molecule has 0 saturated carbocycles. The summed E-state index contributed by atoms with van der Waals surface area (Å²) in [6.07, 6.45) is 3.25. The molecule has 144 valence electrons. The van der Waals surface area contributed by atoms with E-state index in [4.69, 9.17) is 9.47 Å². The van der Waals surface area contributed by atoms with Gasteiger partial charge in [-0.25, -0.2) is 4.98 Å². The van der Waals surface area contributed by atoms with E-state index < -0.39 is 0 Å². The molecule has 0 spiro atoms. The van der Waals surface area contributed by atoms with Crippen LogP contribution in [0.3, 0.4) is 0 Å². The highest BCUT2D eigenvalue weighted by molar-refractivity contribution is 7.14. The molecule has 0 bridgehead atoms. The summed E-state index contributed by atoms with van der Waals surface area (Å²) >= 11 is 1.39. The van der Waals surface area contributed by atoms with Gasteiger partial charge in [-0.15, -0.1) is 11.3 Å². The zero-order valence-corrected chi connectivity index (χ0v) is 16.8. The van der Waals surface area contributed by atoms with Gasteiger partial charge >= 0.3 is 0 Å². The minimum atomic E-state index is -0.240. The van der Waals surface area contributed by atoms with E-state index in [-0.39, 0.29) is 12.0 Å². The first-order valence-electron chi connectivity index (χ1n) is 8.90. The quantitative estimate of drug-likeness (QED) is 0.556. The Bertz CT molecular complexity index is 965. The van der Waals surface area contributed by atoms with Gasteiger partial charge in [-0.2, -0.15) is 0 Å². The van der Waals surface area contributed by atoms with E-state index in [0.29, 0.717) is 16.6 Å². The number of ether oxygens (including phenoxy) is 2. The number of carbonyl (C=O) groups excluding carboxylic acids is 1. The van der Waals surface area contributed by atoms with Gasteiger partial charge in [-0.05, 0) is 37.6 Å². The molecule has 0 radical (unpaired) electrons. The molecule has 1 heterocycles. The lowest BCUT2D eigenvalue weighted by Gasteiger charge is -2.13. The number of methoxy groups -OCH3 is 1. The smallest absolute Gasteiger partial charge is 0.250 e. The Labute approximate surface area is 168 Å². The number of benzene rings is 2. The van der Waals surface area contributed by atoms with Crippen LogP contribution in [0.25, 0.3) is 17.3 Å². The van der Waals surface area contributed by atoms with E-state index in [9.17, 15) is 4.79 Å². The van der Waals surface area contributed by atoms with Crippen LogP contribution in [0.15, 0.2) is 60.0 Å². The Kier molecular flexibility index (Phi) is 6.45. The Morgan fingerprint density at radius 1 is 1.14 bits per heavy atom. The minimum Gasteiger partial charge on any atom is -0.493 e. The lowest BCUT2D eigenvalue weighted by Crippen LogP contribution is -2.07. The number of carbonyl (C=O) groups is 1. The van der Waals surface area contributed by atoms with E-state index in [1.807, 2.05) is 67.8 Å². The molecular formula is C22H22N2O3S. The number of aromatic nitrogens is 1. The summed E-state index contributed by atoms with van der Waals surface area (Å²) < 4.78 is 11.1. The molecule has 0 fully saturated rings. The fourth-order valence-electron chi connectivity index (χ4n) is 2.53. The normalized spacial score (nSPS) is 11.0. The fraction of sp³-hybridized carbons (Fsp3) is 0.182. The molecule has 0 saturated heterocycles. The minimum absolute atomic E-state index is 0.0557. The maximum Gasteiger partial charge on any atom is 0.250 e. The van der Waals surface area contributed by atoms with Gasteiger partial charge in [0.25, 0.3) is 0 Å². The maximum absolute atomic E-state index is 12.2. The van der Waals surface area contributed by atoms with Gasteiger partial charge < -0.3 is 9.47 Å². The second kappa shape index (κ2) is 9.19. The summed E-state index contributed by atoms with van der Waals surface area (Å²) in [5, 5.41) is 5.28. The number of thiazole rings is 1. The Morgan fingerprint density at radius 3 is 2.64 bits per heavy atom. The molecule has 3 rings (SSSR count). The second-order valence-corrected chi connectivity index (χ2v) is 7.16. The largest absolute Gasteiger partial charge is 0.493 e. The Balaban J connectivity index is 1.65. The zero-order chi connectivity index (χ0) is 19.9. The summed E-state index contributed by atoms with van der Waals surface area (Å²) in [4.78, 5) is 16.7. The van der Waals surface area contributed by atoms with Crippen molar-refractivity contribution >= 4 is 28.5 Å². The standard InChI is InChI=1S/C22H22N2O3S/c1-15(2)27-19-11-9-16(13-20(19)26-3)10-12-21(25)24-22-23-18(14-28-22)17-7-5-4-6-8-17/h4-15H,1-3H3,(H,23,24,25)/b12-10+. The fourth-order valence-corrected chi connectivity index (χ4v) is 3.25. The van der Waals surface area contributed by atoms with Crippen LogP contribution in [0.2, 0.25) is 0 Å². The molecule has 1 aromatic heterocycles. The van der Waals surface area contributed by atoms with Crippen molar-refractivity contribution in [2.24, 2.45) is 0 Å². The highest BCUT2D eigenvalue weighted by Gasteiger charge is 2.08. The monoisotopic (exact) mass is 394 g/mol. The Morgan fingerprint density at radius 2 is 1.93 bits per heavy atom. The van der Waals surface area contributed by atoms with Crippen LogP contribution in [0.5, 0.6) is 11.5 Å². The van der Waals surface area contributed by atoms with Crippen molar-refractivity contribution in [2.45, 2.75) is 20.0 Å². The van der Waals surface area contributed by atoms with Crippen LogP contribution in [0, 0.1) is 0 Å². The summed E-state index contributed by atoms with van der Waals surface area (Å²) in [6.45, 7) is 3.92. The maximum atomic E-state index is 12.2. The van der Waals surface area contributed by atoms with Gasteiger partial charge in [0.05, 0.1) is 18.9 Å². The molecule has 28 heavy (non-hydrogen) atoms. The molecular weight excluding hydrogens is 372 g/mol. The van der Waals surface area contributed by atoms with Gasteiger partial charge in [0, 0.05) is 17.0 Å². The molecule has 3 aromatic rings. The lowest BCUT2D eigenvalue weighted by molar-refractivity contribution is -0.111. The van der Waals surface area contributed by atoms with Crippen molar-refractivity contribution in [3.8, 4) is 22.8 Å². The average molecular weight is 394 g/mol. The topological polar surface area (TPSA) is 60.5 Å². The number of rotatable bonds is 7. The summed E-state index contributed by atoms with van der Waals surface area (Å²) in [7, 11) is 1.59. The van der Waals surface area contributed by atoms with Crippen LogP contribution < -0.4 is 14.8 Å². The second-order valence-electron chi connectivity index (χ2n) is 6.30. The van der Waals surface area contributed by atoms with E-state index >= 15 is 0 Å². The van der Waals surface area contributed by atoms with Gasteiger partial charge in [0.1, 0.15) is 0 Å². The van der Waals surface area contributed by atoms with E-state index in [2.05, 4.69) is 10.3 Å². The van der Waals surface area contributed by atoms with Crippen molar-refractivity contribution in [3.05, 3.63) is 65.6 Å². The van der Waals surface area contributed by atoms with Crippen LogP contribution >= 0.6 is 11.3 Å². The molecule has 0 aliphatic heterocycles. The van der Waals surface area contributed by atoms with E-state index in [1.165, 1.54) is 17.4 Å². The first-order chi connectivity index (χ1) is 13.5. The van der Waals surface area contributed by atoms with Gasteiger partial charge in [-0.3, -0.25) is 10.1 Å². The van der Waals surface area contributed by atoms with E-state index in [1.54, 1.807) is 13.2 Å². The third-order valence-corrected chi connectivity index (χ3v) is 4.54. The van der Waals surface area contributed by atoms with Crippen molar-refractivity contribution in [1.82, 2.24) is 4.98 Å². The van der Waals surface area contributed by atoms with Crippen molar-refractivity contribution in [2.75, 3.05) is 12.4 Å². The molecule has 0 unspecified atom stereocenters. The van der Waals surface area contributed by atoms with Crippen LogP contribution in [-0.4, -0.2) is 24.1 Å². The van der Waals surface area contributed by atoms with Crippen molar-refractivity contribution in [1.29, 1.82) is 0 Å². The lowest BCUT2D eigenvalue weighted by atomic mass is 10.2. The molecule has 2 aromatic carbocycles. The highest BCUT2D eigenvalue weighted by atomic mass is 32.1. The predicted molar refractivity (Wildman–Crippen MR) is 114 cm³/mol. The molecule has 1 amide bonds. The van der Waals surface area contributed by atoms with Crippen LogP contribution in [0.1, 0.15) is 19.4 Å². The number of nitrogens with one attached hydrogen (secondary N) is 1. The molecule has 0 aliphatic rings. The summed E-state index contributed by atoms with van der Waals surface area (Å²) in [6, 6.07) is 15.4. The van der Waals surface area contributed by atoms with Gasteiger partial charge in [0.15, 0.2) is 16.6 Å². The molecule has 0 aliphatic carbocycles. The highest BCUT2D eigenvalue weighted by Crippen LogP contribution is 2.29. The zero-order valence-electron chi connectivity index (χ0n) is 16.0. The third-order valence-electron chi connectivity index (χ3n) is 3.78. The Hall–Kier alpha value is -3.12. The molecule has 6 heteroatoms. The van der Waals surface area contributed by atoms with Gasteiger partial charge in [-0.1, -0.05) is 36.4 Å². The first-order valence-corrected chi connectivity index (χ1v) is 9.78. The SMILES string of the molecule is COc1cc(/C=C/C(=O)Nc2nc(-c3ccccc3)cs2)ccc1OC(C)C. The molecule has 5 nitrogen and oxygen atoms in total. The summed E-state index contributed by atoms with van der Waals surface area (Å²) in [5.74, 6) is 1.06. The van der Waals surface area contributed by atoms with E-state index in [0.717, 1.165) is 16.8 Å². The predicted octanol–water partition coefficient (Wildman–Crippen LogP) is 5.26. The van der Waals surface area contributed by atoms with Crippen molar-refractivity contribution in [3.63, 3.8) is 0 Å². The molecule has 0 atom stereocenters. The van der Waals surface area contributed by atoms with Crippen LogP contribution in [-0.2, 0) is 4.79 Å². The average Bonchev–Trinajstić information content (AvgIpc) is 3.16. The number of hydrogen-bond donors (Lipinski definition) is 1. The number of anilines is 1. The van der Waals surface area contributed by atoms with Crippen molar-refractivity contribution < 1.29 is 14.3 Å². The third kappa shape index (κ3) is 5.20. The number of nitrogens with zero attached hydrogens (tertiary/aromatic N) is 1. The van der Waals surface area contributed by atoms with Crippen LogP contribution in [0.4, 0.5) is 5.13 Å². The summed E-state index contributed by atoms with van der Waals surface area (Å²) in [5.41, 5.74) is 2.70. The number of amides is 1. The first kappa shape index (κ1) is 19.6. The number of hydrogen-bond acceptors (Lipinski definition) is 5. The molecule has 1 N–H and O–H groups in total.